The predicted molar refractivity (Wildman–Crippen MR) is 87.3 cm³/mol. The number of rotatable bonds is 1. The fraction of sp³-hybridized carbons (Fsp3) is 0.500. The first kappa shape index (κ1) is 14.9. The fourth-order valence-electron chi connectivity index (χ4n) is 2.60. The molecule has 1 aromatic rings. The number of anilines is 1. The number of thiocarbonyl (C=S) groups is 1. The van der Waals surface area contributed by atoms with Gasteiger partial charge in [-0.25, -0.2) is 0 Å². The standard InChI is InChI=1S/C14H18Cl2N2S/c1-9-5-3-6-10(2)18(9)14(19)17-12-8-4-7-11(15)13(12)16/h4,7-10H,3,5-6H2,1-2H3,(H,17,19)/t9-,10-/m1/s1. The predicted octanol–water partition coefficient (Wildman–Crippen LogP) is 4.95. The van der Waals surface area contributed by atoms with E-state index in [0.717, 1.165) is 10.8 Å². The highest BCUT2D eigenvalue weighted by atomic mass is 35.5. The molecule has 1 fully saturated rings. The molecule has 1 aromatic carbocycles. The smallest absolute Gasteiger partial charge is 0.173 e. The van der Waals surface area contributed by atoms with Crippen LogP contribution in [0.4, 0.5) is 5.69 Å². The van der Waals surface area contributed by atoms with Crippen LogP contribution < -0.4 is 5.32 Å². The van der Waals surface area contributed by atoms with Crippen LogP contribution in [0.25, 0.3) is 0 Å². The molecule has 1 aliphatic heterocycles. The lowest BCUT2D eigenvalue weighted by Gasteiger charge is -2.41. The molecule has 104 valence electrons. The minimum atomic E-state index is 0.460. The minimum absolute atomic E-state index is 0.460. The summed E-state index contributed by atoms with van der Waals surface area (Å²) in [4.78, 5) is 2.26. The zero-order valence-electron chi connectivity index (χ0n) is 11.1. The molecule has 2 rings (SSSR count). The summed E-state index contributed by atoms with van der Waals surface area (Å²) < 4.78 is 0. The van der Waals surface area contributed by atoms with E-state index in [1.807, 2.05) is 12.1 Å². The van der Waals surface area contributed by atoms with Crippen LogP contribution in [-0.4, -0.2) is 22.1 Å². The van der Waals surface area contributed by atoms with E-state index in [1.165, 1.54) is 19.3 Å². The first-order valence-electron chi connectivity index (χ1n) is 6.54. The Balaban J connectivity index is 2.14. The first-order valence-corrected chi connectivity index (χ1v) is 7.70. The van der Waals surface area contributed by atoms with E-state index in [-0.39, 0.29) is 0 Å². The number of hydrogen-bond acceptors (Lipinski definition) is 1. The molecule has 2 nitrogen and oxygen atoms in total. The molecule has 0 saturated carbocycles. The van der Waals surface area contributed by atoms with Crippen molar-refractivity contribution in [1.29, 1.82) is 0 Å². The summed E-state index contributed by atoms with van der Waals surface area (Å²) in [6.07, 6.45) is 3.62. The van der Waals surface area contributed by atoms with Crippen molar-refractivity contribution >= 4 is 46.2 Å². The second-order valence-corrected chi connectivity index (χ2v) is 6.24. The molecule has 19 heavy (non-hydrogen) atoms. The van der Waals surface area contributed by atoms with Gasteiger partial charge >= 0.3 is 0 Å². The van der Waals surface area contributed by atoms with Gasteiger partial charge in [0.25, 0.3) is 0 Å². The summed E-state index contributed by atoms with van der Waals surface area (Å²) >= 11 is 17.7. The topological polar surface area (TPSA) is 15.3 Å². The molecule has 0 spiro atoms. The molecule has 0 bridgehead atoms. The maximum absolute atomic E-state index is 6.18. The highest BCUT2D eigenvalue weighted by Gasteiger charge is 2.26. The number of benzene rings is 1. The average molecular weight is 317 g/mol. The number of hydrogen-bond donors (Lipinski definition) is 1. The number of nitrogens with zero attached hydrogens (tertiary/aromatic N) is 1. The van der Waals surface area contributed by atoms with Gasteiger partial charge < -0.3 is 10.2 Å². The SMILES string of the molecule is C[C@@H]1CCC[C@@H](C)N1C(=S)Nc1cccc(Cl)c1Cl. The van der Waals surface area contributed by atoms with Crippen molar-refractivity contribution in [2.45, 2.75) is 45.2 Å². The summed E-state index contributed by atoms with van der Waals surface area (Å²) in [6.45, 7) is 4.42. The molecule has 1 aliphatic rings. The Morgan fingerprint density at radius 1 is 1.26 bits per heavy atom. The fourth-order valence-corrected chi connectivity index (χ4v) is 3.42. The van der Waals surface area contributed by atoms with Crippen LogP contribution >= 0.6 is 35.4 Å². The third kappa shape index (κ3) is 3.33. The number of likely N-dealkylation sites (tertiary alicyclic amines) is 1. The largest absolute Gasteiger partial charge is 0.344 e. The van der Waals surface area contributed by atoms with E-state index < -0.39 is 0 Å². The Labute approximate surface area is 130 Å². The summed E-state index contributed by atoms with van der Waals surface area (Å²) in [7, 11) is 0. The maximum atomic E-state index is 6.18. The van der Waals surface area contributed by atoms with Gasteiger partial charge in [0.05, 0.1) is 15.7 Å². The number of nitrogens with one attached hydrogen (secondary N) is 1. The van der Waals surface area contributed by atoms with Crippen molar-refractivity contribution in [1.82, 2.24) is 4.90 Å². The third-order valence-corrected chi connectivity index (χ3v) is 4.75. The van der Waals surface area contributed by atoms with Crippen molar-refractivity contribution < 1.29 is 0 Å². The average Bonchev–Trinajstić information content (AvgIpc) is 2.35. The third-order valence-electron chi connectivity index (χ3n) is 3.62. The minimum Gasteiger partial charge on any atom is -0.344 e. The highest BCUT2D eigenvalue weighted by Crippen LogP contribution is 2.31. The monoisotopic (exact) mass is 316 g/mol. The molecule has 0 amide bonds. The first-order chi connectivity index (χ1) is 9.00. The van der Waals surface area contributed by atoms with Gasteiger partial charge in [-0.1, -0.05) is 29.3 Å². The summed E-state index contributed by atoms with van der Waals surface area (Å²) in [5.74, 6) is 0. The van der Waals surface area contributed by atoms with E-state index in [9.17, 15) is 0 Å². The van der Waals surface area contributed by atoms with Crippen molar-refractivity contribution in [2.24, 2.45) is 0 Å². The van der Waals surface area contributed by atoms with Gasteiger partial charge in [-0.2, -0.15) is 0 Å². The molecule has 2 atom stereocenters. The van der Waals surface area contributed by atoms with E-state index in [4.69, 9.17) is 35.4 Å². The van der Waals surface area contributed by atoms with Gasteiger partial charge in [-0.15, -0.1) is 0 Å². The van der Waals surface area contributed by atoms with Gasteiger partial charge in [0.2, 0.25) is 0 Å². The van der Waals surface area contributed by atoms with E-state index >= 15 is 0 Å². The zero-order valence-corrected chi connectivity index (χ0v) is 13.4. The van der Waals surface area contributed by atoms with Crippen molar-refractivity contribution in [3.8, 4) is 0 Å². The van der Waals surface area contributed by atoms with Crippen molar-refractivity contribution in [3.05, 3.63) is 28.2 Å². The Kier molecular flexibility index (Phi) is 4.93. The van der Waals surface area contributed by atoms with E-state index in [2.05, 4.69) is 24.1 Å². The van der Waals surface area contributed by atoms with Crippen LogP contribution in [0.15, 0.2) is 18.2 Å². The van der Waals surface area contributed by atoms with E-state index in [0.29, 0.717) is 22.1 Å². The molecule has 0 aliphatic carbocycles. The second-order valence-electron chi connectivity index (χ2n) is 5.07. The Hall–Kier alpha value is -0.510. The summed E-state index contributed by atoms with van der Waals surface area (Å²) in [5.41, 5.74) is 0.768. The van der Waals surface area contributed by atoms with Crippen LogP contribution in [-0.2, 0) is 0 Å². The molecule has 5 heteroatoms. The summed E-state index contributed by atoms with van der Waals surface area (Å²) in [5, 5.41) is 5.00. The van der Waals surface area contributed by atoms with Gasteiger partial charge in [-0.3, -0.25) is 0 Å². The second kappa shape index (κ2) is 6.29. The lowest BCUT2D eigenvalue weighted by Crippen LogP contribution is -2.49. The van der Waals surface area contributed by atoms with Gasteiger partial charge in [0.15, 0.2) is 5.11 Å². The molecule has 0 radical (unpaired) electrons. The molecule has 1 heterocycles. The maximum Gasteiger partial charge on any atom is 0.173 e. The number of halogens is 2. The Morgan fingerprint density at radius 3 is 2.53 bits per heavy atom. The molecule has 0 aromatic heterocycles. The van der Waals surface area contributed by atoms with Crippen LogP contribution in [0.1, 0.15) is 33.1 Å². The Bertz CT molecular complexity index is 469. The van der Waals surface area contributed by atoms with Crippen LogP contribution in [0.5, 0.6) is 0 Å². The van der Waals surface area contributed by atoms with Crippen LogP contribution in [0, 0.1) is 0 Å². The van der Waals surface area contributed by atoms with Crippen molar-refractivity contribution in [3.63, 3.8) is 0 Å². The van der Waals surface area contributed by atoms with E-state index in [1.54, 1.807) is 6.07 Å². The molecular weight excluding hydrogens is 299 g/mol. The number of piperidine rings is 1. The van der Waals surface area contributed by atoms with Crippen LogP contribution in [0.3, 0.4) is 0 Å². The quantitative estimate of drug-likeness (QED) is 0.738. The van der Waals surface area contributed by atoms with Gasteiger partial charge in [-0.05, 0) is 57.5 Å². The molecule has 1 saturated heterocycles. The van der Waals surface area contributed by atoms with Crippen molar-refractivity contribution in [2.75, 3.05) is 5.32 Å². The molecular formula is C14H18Cl2N2S. The molecule has 1 N–H and O–H groups in total. The normalized spacial score (nSPS) is 23.3. The highest BCUT2D eigenvalue weighted by molar-refractivity contribution is 7.80. The van der Waals surface area contributed by atoms with Gasteiger partial charge in [0, 0.05) is 12.1 Å². The lowest BCUT2D eigenvalue weighted by molar-refractivity contribution is 0.194. The molecule has 0 unspecified atom stereocenters. The lowest BCUT2D eigenvalue weighted by atomic mass is 9.98. The Morgan fingerprint density at radius 2 is 1.89 bits per heavy atom. The summed E-state index contributed by atoms with van der Waals surface area (Å²) in [6, 6.07) is 6.44. The van der Waals surface area contributed by atoms with Crippen LogP contribution in [0.2, 0.25) is 10.0 Å². The van der Waals surface area contributed by atoms with Gasteiger partial charge in [0.1, 0.15) is 0 Å². The zero-order chi connectivity index (χ0) is 14.0.